The standard InChI is InChI=1S/C22H23N5O2S3/c1-13(32-2)20(28)18-10-15(9-14-5-4-8-23-19(14)18)24-12-29-17-7-3-6-16(11-17)27-21(30)25-26-22(27)31/h3,6-7,9-11,23-24H,1,4-5,8,12H2,2H3,(H,25,30)(H,26,31). The van der Waals surface area contributed by atoms with Gasteiger partial charge in [0, 0.05) is 34.5 Å². The van der Waals surface area contributed by atoms with Crippen LogP contribution in [0.15, 0.2) is 47.9 Å². The molecular formula is C22H23N5O2S3. The van der Waals surface area contributed by atoms with Gasteiger partial charge in [0.15, 0.2) is 16.3 Å². The molecule has 32 heavy (non-hydrogen) atoms. The van der Waals surface area contributed by atoms with Gasteiger partial charge in [0.25, 0.3) is 0 Å². The lowest BCUT2D eigenvalue weighted by Gasteiger charge is -2.23. The number of thioether (sulfide) groups is 1. The van der Waals surface area contributed by atoms with Crippen LogP contribution in [-0.4, -0.2) is 40.1 Å². The number of Topliss-reactive ketones (excluding diaryl/α,β-unsaturated/α-hetero) is 1. The molecule has 0 aliphatic carbocycles. The first-order valence-electron chi connectivity index (χ1n) is 10.0. The third-order valence-electron chi connectivity index (χ3n) is 5.16. The van der Waals surface area contributed by atoms with Crippen LogP contribution in [0, 0.1) is 9.54 Å². The molecule has 0 saturated heterocycles. The lowest BCUT2D eigenvalue weighted by Crippen LogP contribution is -2.18. The summed E-state index contributed by atoms with van der Waals surface area (Å²) in [4.78, 5) is 13.4. The van der Waals surface area contributed by atoms with Crippen molar-refractivity contribution in [3.63, 3.8) is 0 Å². The monoisotopic (exact) mass is 485 g/mol. The number of benzene rings is 2. The molecule has 0 fully saturated rings. The predicted octanol–water partition coefficient (Wildman–Crippen LogP) is 5.46. The maximum Gasteiger partial charge on any atom is 0.200 e. The number of nitrogens with zero attached hydrogens (tertiary/aromatic N) is 1. The van der Waals surface area contributed by atoms with Crippen LogP contribution >= 0.6 is 36.2 Å². The first-order chi connectivity index (χ1) is 15.5. The number of aryl methyl sites for hydroxylation is 1. The van der Waals surface area contributed by atoms with E-state index in [0.717, 1.165) is 42.0 Å². The molecule has 0 unspecified atom stereocenters. The van der Waals surface area contributed by atoms with E-state index in [1.807, 2.05) is 36.6 Å². The Hall–Kier alpha value is -2.82. The van der Waals surface area contributed by atoms with Crippen LogP contribution in [0.25, 0.3) is 5.69 Å². The first kappa shape index (κ1) is 22.4. The van der Waals surface area contributed by atoms with E-state index in [4.69, 9.17) is 29.2 Å². The Morgan fingerprint density at radius 3 is 2.78 bits per heavy atom. The second-order valence-corrected chi connectivity index (χ2v) is 8.88. The Balaban J connectivity index is 1.52. The highest BCUT2D eigenvalue weighted by molar-refractivity contribution is 8.03. The summed E-state index contributed by atoms with van der Waals surface area (Å²) in [5.74, 6) is 0.611. The van der Waals surface area contributed by atoms with Crippen LogP contribution in [0.2, 0.25) is 0 Å². The third-order valence-corrected chi connectivity index (χ3v) is 6.41. The van der Waals surface area contributed by atoms with Gasteiger partial charge < -0.3 is 15.4 Å². The van der Waals surface area contributed by atoms with Gasteiger partial charge in [-0.15, -0.1) is 11.8 Å². The largest absolute Gasteiger partial charge is 0.473 e. The van der Waals surface area contributed by atoms with Gasteiger partial charge in [0.05, 0.1) is 5.69 Å². The lowest BCUT2D eigenvalue weighted by atomic mass is 9.96. The smallest absolute Gasteiger partial charge is 0.200 e. The van der Waals surface area contributed by atoms with Crippen LogP contribution in [0.1, 0.15) is 22.3 Å². The molecule has 1 aliphatic rings. The van der Waals surface area contributed by atoms with Crippen molar-refractivity contribution in [3.8, 4) is 11.4 Å². The minimum atomic E-state index is -0.0554. The van der Waals surface area contributed by atoms with Crippen molar-refractivity contribution in [3.05, 3.63) is 68.6 Å². The van der Waals surface area contributed by atoms with Crippen LogP contribution < -0.4 is 15.4 Å². The number of hydrogen-bond acceptors (Lipinski definition) is 7. The van der Waals surface area contributed by atoms with Crippen molar-refractivity contribution in [2.45, 2.75) is 12.8 Å². The van der Waals surface area contributed by atoms with E-state index in [-0.39, 0.29) is 12.5 Å². The summed E-state index contributed by atoms with van der Waals surface area (Å²) in [6.07, 6.45) is 3.81. The second kappa shape index (κ2) is 9.76. The molecule has 0 spiro atoms. The van der Waals surface area contributed by atoms with Gasteiger partial charge in [-0.3, -0.25) is 19.6 Å². The molecule has 0 radical (unpaired) electrons. The minimum absolute atomic E-state index is 0.0554. The summed E-state index contributed by atoms with van der Waals surface area (Å²) in [6.45, 7) is 4.99. The number of allylic oxidation sites excluding steroid dienone is 1. The Morgan fingerprint density at radius 1 is 1.25 bits per heavy atom. The predicted molar refractivity (Wildman–Crippen MR) is 135 cm³/mol. The molecule has 0 saturated carbocycles. The number of rotatable bonds is 8. The zero-order valence-corrected chi connectivity index (χ0v) is 19.9. The summed E-state index contributed by atoms with van der Waals surface area (Å²) >= 11 is 11.9. The van der Waals surface area contributed by atoms with Crippen LogP contribution in [-0.2, 0) is 6.42 Å². The number of fused-ring (bicyclic) bond motifs is 1. The van der Waals surface area contributed by atoms with Gasteiger partial charge in [0.1, 0.15) is 5.75 Å². The van der Waals surface area contributed by atoms with Crippen molar-refractivity contribution >= 4 is 53.4 Å². The fourth-order valence-corrected chi connectivity index (χ4v) is 4.43. The Kier molecular flexibility index (Phi) is 6.83. The number of carbonyl (C=O) groups is 1. The van der Waals surface area contributed by atoms with Crippen molar-refractivity contribution in [1.82, 2.24) is 14.8 Å². The second-order valence-electron chi connectivity index (χ2n) is 7.20. The van der Waals surface area contributed by atoms with Gasteiger partial charge in [-0.25, -0.2) is 0 Å². The van der Waals surface area contributed by atoms with Crippen LogP contribution in [0.5, 0.6) is 5.75 Å². The summed E-state index contributed by atoms with van der Waals surface area (Å²) in [6, 6.07) is 11.4. The first-order valence-corrected chi connectivity index (χ1v) is 12.1. The summed E-state index contributed by atoms with van der Waals surface area (Å²) in [7, 11) is 0. The Morgan fingerprint density at radius 2 is 2.03 bits per heavy atom. The highest BCUT2D eigenvalue weighted by atomic mass is 32.2. The molecule has 4 rings (SSSR count). The summed E-state index contributed by atoms with van der Waals surface area (Å²) in [5.41, 5.74) is 4.31. The zero-order chi connectivity index (χ0) is 22.7. The maximum absolute atomic E-state index is 12.9. The number of nitrogens with one attached hydrogen (secondary N) is 4. The van der Waals surface area contributed by atoms with Gasteiger partial charge >= 0.3 is 0 Å². The van der Waals surface area contributed by atoms with E-state index < -0.39 is 0 Å². The van der Waals surface area contributed by atoms with E-state index in [0.29, 0.717) is 25.8 Å². The van der Waals surface area contributed by atoms with E-state index in [2.05, 4.69) is 33.5 Å². The summed E-state index contributed by atoms with van der Waals surface area (Å²) < 4.78 is 8.59. The van der Waals surface area contributed by atoms with E-state index in [1.165, 1.54) is 11.8 Å². The SMILES string of the molecule is C=C(SC)C(=O)c1cc(NCOc2cccc(-n3c(=S)[nH][nH]c3=S)c2)cc2c1NCCC2. The molecule has 2 aromatic carbocycles. The number of anilines is 2. The van der Waals surface area contributed by atoms with Gasteiger partial charge in [-0.2, -0.15) is 0 Å². The van der Waals surface area contributed by atoms with Gasteiger partial charge in [-0.1, -0.05) is 12.6 Å². The number of ketones is 1. The normalized spacial score (nSPS) is 12.5. The third kappa shape index (κ3) is 4.67. The molecule has 0 atom stereocenters. The molecule has 4 N–H and O–H groups in total. The highest BCUT2D eigenvalue weighted by Gasteiger charge is 2.20. The molecule has 10 heteroatoms. The molecular weight excluding hydrogens is 462 g/mol. The average molecular weight is 486 g/mol. The summed E-state index contributed by atoms with van der Waals surface area (Å²) in [5, 5.41) is 12.3. The number of aromatic nitrogens is 3. The molecule has 3 aromatic rings. The van der Waals surface area contributed by atoms with Gasteiger partial charge in [-0.05, 0) is 73.4 Å². The lowest BCUT2D eigenvalue weighted by molar-refractivity contribution is 0.104. The Labute approximate surface area is 200 Å². The molecule has 0 bridgehead atoms. The molecule has 166 valence electrons. The fourth-order valence-electron chi connectivity index (χ4n) is 3.58. The number of aromatic amines is 2. The Bertz CT molecular complexity index is 1260. The minimum Gasteiger partial charge on any atom is -0.473 e. The zero-order valence-electron chi connectivity index (χ0n) is 17.5. The molecule has 7 nitrogen and oxygen atoms in total. The number of ether oxygens (including phenoxy) is 1. The maximum atomic E-state index is 12.9. The van der Waals surface area contributed by atoms with Crippen molar-refractivity contribution in [1.29, 1.82) is 0 Å². The van der Waals surface area contributed by atoms with Crippen molar-refractivity contribution in [2.24, 2.45) is 0 Å². The van der Waals surface area contributed by atoms with Crippen molar-refractivity contribution < 1.29 is 9.53 Å². The molecule has 1 aromatic heterocycles. The van der Waals surface area contributed by atoms with Crippen LogP contribution in [0.3, 0.4) is 0 Å². The molecule has 1 aliphatic heterocycles. The highest BCUT2D eigenvalue weighted by Crippen LogP contribution is 2.32. The number of carbonyl (C=O) groups excluding carboxylic acids is 1. The average Bonchev–Trinajstić information content (AvgIpc) is 3.15. The molecule has 2 heterocycles. The molecule has 0 amide bonds. The number of H-pyrrole nitrogens is 2. The van der Waals surface area contributed by atoms with E-state index in [9.17, 15) is 4.79 Å². The van der Waals surface area contributed by atoms with Crippen molar-refractivity contribution in [2.75, 3.05) is 30.2 Å². The topological polar surface area (TPSA) is 86.9 Å². The van der Waals surface area contributed by atoms with E-state index in [1.54, 1.807) is 4.57 Å². The quantitative estimate of drug-likeness (QED) is 0.146. The fraction of sp³-hybridized carbons (Fsp3) is 0.227. The van der Waals surface area contributed by atoms with Crippen LogP contribution in [0.4, 0.5) is 11.4 Å². The van der Waals surface area contributed by atoms with E-state index >= 15 is 0 Å². The number of hydrogen-bond donors (Lipinski definition) is 4. The van der Waals surface area contributed by atoms with Gasteiger partial charge in [0.2, 0.25) is 5.78 Å².